The molecule has 80 valence electrons. The lowest BCUT2D eigenvalue weighted by molar-refractivity contribution is -0.289. The molecule has 1 saturated heterocycles. The summed E-state index contributed by atoms with van der Waals surface area (Å²) < 4.78 is 10.1. The van der Waals surface area contributed by atoms with Crippen LogP contribution in [-0.4, -0.2) is 52.6 Å². The van der Waals surface area contributed by atoms with Gasteiger partial charge in [-0.15, -0.1) is 6.42 Å². The van der Waals surface area contributed by atoms with Crippen LogP contribution in [0, 0.1) is 12.3 Å². The second kappa shape index (κ2) is 4.73. The fraction of sp³-hybridized carbons (Fsp3) is 0.778. The molecule has 5 heteroatoms. The highest BCUT2D eigenvalue weighted by Gasteiger charge is 2.42. The van der Waals surface area contributed by atoms with Gasteiger partial charge in [-0.05, 0) is 6.92 Å². The smallest absolute Gasteiger partial charge is 0.187 e. The summed E-state index contributed by atoms with van der Waals surface area (Å²) in [5.74, 6) is 2.22. The zero-order valence-corrected chi connectivity index (χ0v) is 7.83. The van der Waals surface area contributed by atoms with Gasteiger partial charge in [0.25, 0.3) is 0 Å². The molecule has 5 nitrogen and oxygen atoms in total. The van der Waals surface area contributed by atoms with Crippen molar-refractivity contribution in [2.75, 3.05) is 6.61 Å². The van der Waals surface area contributed by atoms with Gasteiger partial charge < -0.3 is 24.8 Å². The van der Waals surface area contributed by atoms with Gasteiger partial charge in [0.15, 0.2) is 6.29 Å². The van der Waals surface area contributed by atoms with Crippen LogP contribution in [0.1, 0.15) is 6.92 Å². The molecule has 0 aromatic heterocycles. The fourth-order valence-electron chi connectivity index (χ4n) is 1.28. The molecule has 1 aliphatic rings. The maximum atomic E-state index is 9.42. The van der Waals surface area contributed by atoms with Gasteiger partial charge >= 0.3 is 0 Å². The molecule has 3 N–H and O–H groups in total. The van der Waals surface area contributed by atoms with Gasteiger partial charge in [-0.25, -0.2) is 0 Å². The van der Waals surface area contributed by atoms with Crippen molar-refractivity contribution in [1.82, 2.24) is 0 Å². The minimum atomic E-state index is -1.28. The van der Waals surface area contributed by atoms with Crippen molar-refractivity contribution < 1.29 is 24.8 Å². The normalized spacial score (nSPS) is 43.2. The third kappa shape index (κ3) is 2.23. The van der Waals surface area contributed by atoms with Crippen molar-refractivity contribution in [3.63, 3.8) is 0 Å². The SMILES string of the molecule is C#CCOC1OC(C)C(O)C(O)C1O. The van der Waals surface area contributed by atoms with E-state index in [1.165, 1.54) is 0 Å². The van der Waals surface area contributed by atoms with Crippen LogP contribution in [0.5, 0.6) is 0 Å². The summed E-state index contributed by atoms with van der Waals surface area (Å²) >= 11 is 0. The van der Waals surface area contributed by atoms with Crippen molar-refractivity contribution in [2.24, 2.45) is 0 Å². The van der Waals surface area contributed by atoms with Crippen LogP contribution in [0.15, 0.2) is 0 Å². The van der Waals surface area contributed by atoms with E-state index in [2.05, 4.69) is 5.92 Å². The van der Waals surface area contributed by atoms with Crippen molar-refractivity contribution in [1.29, 1.82) is 0 Å². The quantitative estimate of drug-likeness (QED) is 0.473. The first-order chi connectivity index (χ1) is 6.57. The summed E-state index contributed by atoms with van der Waals surface area (Å²) in [7, 11) is 0. The summed E-state index contributed by atoms with van der Waals surface area (Å²) in [4.78, 5) is 0. The Labute approximate surface area is 82.3 Å². The Morgan fingerprint density at radius 2 is 1.93 bits per heavy atom. The average Bonchev–Trinajstić information content (AvgIpc) is 2.18. The average molecular weight is 202 g/mol. The number of terminal acetylenes is 1. The Hall–Kier alpha value is -0.640. The summed E-state index contributed by atoms with van der Waals surface area (Å²) in [6.45, 7) is 1.56. The van der Waals surface area contributed by atoms with E-state index in [9.17, 15) is 15.3 Å². The Bertz CT molecular complexity index is 224. The highest BCUT2D eigenvalue weighted by atomic mass is 16.7. The van der Waals surface area contributed by atoms with Crippen molar-refractivity contribution in [3.05, 3.63) is 0 Å². The lowest BCUT2D eigenvalue weighted by Gasteiger charge is -2.38. The molecule has 0 aromatic rings. The van der Waals surface area contributed by atoms with Gasteiger partial charge in [0.05, 0.1) is 6.10 Å². The van der Waals surface area contributed by atoms with Crippen molar-refractivity contribution in [3.8, 4) is 12.3 Å². The molecule has 0 bridgehead atoms. The number of aliphatic hydroxyl groups excluding tert-OH is 3. The van der Waals surface area contributed by atoms with Crippen molar-refractivity contribution in [2.45, 2.75) is 37.6 Å². The zero-order valence-electron chi connectivity index (χ0n) is 7.83. The van der Waals surface area contributed by atoms with Crippen LogP contribution in [0.2, 0.25) is 0 Å². The maximum Gasteiger partial charge on any atom is 0.187 e. The molecule has 1 heterocycles. The molecule has 0 amide bonds. The lowest BCUT2D eigenvalue weighted by Crippen LogP contribution is -2.57. The molecule has 1 rings (SSSR count). The fourth-order valence-corrected chi connectivity index (χ4v) is 1.28. The van der Waals surface area contributed by atoms with E-state index in [0.717, 1.165) is 0 Å². The molecule has 0 spiro atoms. The number of hydrogen-bond acceptors (Lipinski definition) is 5. The predicted octanol–water partition coefficient (Wildman–Crippen LogP) is -1.54. The van der Waals surface area contributed by atoms with E-state index in [1.807, 2.05) is 0 Å². The Morgan fingerprint density at radius 1 is 1.29 bits per heavy atom. The summed E-state index contributed by atoms with van der Waals surface area (Å²) in [6, 6.07) is 0. The first-order valence-corrected chi connectivity index (χ1v) is 4.32. The topological polar surface area (TPSA) is 79.2 Å². The summed E-state index contributed by atoms with van der Waals surface area (Å²) in [6.07, 6.45) is -0.298. The van der Waals surface area contributed by atoms with Crippen LogP contribution in [-0.2, 0) is 9.47 Å². The third-order valence-corrected chi connectivity index (χ3v) is 2.14. The van der Waals surface area contributed by atoms with E-state index < -0.39 is 30.7 Å². The Balaban J connectivity index is 2.57. The second-order valence-corrected chi connectivity index (χ2v) is 3.20. The lowest BCUT2D eigenvalue weighted by atomic mass is 10.0. The molecule has 0 aromatic carbocycles. The molecule has 0 saturated carbocycles. The minimum absolute atomic E-state index is 0.0166. The molecule has 0 radical (unpaired) electrons. The van der Waals surface area contributed by atoms with Gasteiger partial charge in [0.1, 0.15) is 24.9 Å². The Morgan fingerprint density at radius 3 is 2.50 bits per heavy atom. The maximum absolute atomic E-state index is 9.42. The van der Waals surface area contributed by atoms with E-state index in [1.54, 1.807) is 6.92 Å². The number of rotatable bonds is 2. The van der Waals surface area contributed by atoms with E-state index in [-0.39, 0.29) is 6.61 Å². The standard InChI is InChI=1S/C9H14O5/c1-3-4-13-9-8(12)7(11)6(10)5(2)14-9/h1,5-12H,4H2,2H3. The number of aliphatic hydroxyl groups is 3. The summed E-state index contributed by atoms with van der Waals surface area (Å²) in [5, 5.41) is 28.1. The molecular formula is C9H14O5. The zero-order chi connectivity index (χ0) is 10.7. The molecule has 14 heavy (non-hydrogen) atoms. The molecule has 5 unspecified atom stereocenters. The number of ether oxygens (including phenoxy) is 2. The first kappa shape index (κ1) is 11.4. The molecule has 5 atom stereocenters. The molecule has 1 aliphatic heterocycles. The monoisotopic (exact) mass is 202 g/mol. The minimum Gasteiger partial charge on any atom is -0.388 e. The van der Waals surface area contributed by atoms with Gasteiger partial charge in [-0.1, -0.05) is 5.92 Å². The van der Waals surface area contributed by atoms with Crippen LogP contribution in [0.4, 0.5) is 0 Å². The van der Waals surface area contributed by atoms with Gasteiger partial charge in [-0.2, -0.15) is 0 Å². The van der Waals surface area contributed by atoms with Gasteiger partial charge in [0.2, 0.25) is 0 Å². The van der Waals surface area contributed by atoms with Crippen LogP contribution in [0.3, 0.4) is 0 Å². The first-order valence-electron chi connectivity index (χ1n) is 4.32. The van der Waals surface area contributed by atoms with Crippen molar-refractivity contribution >= 4 is 0 Å². The molecule has 0 aliphatic carbocycles. The number of hydrogen-bond donors (Lipinski definition) is 3. The second-order valence-electron chi connectivity index (χ2n) is 3.20. The van der Waals surface area contributed by atoms with Crippen LogP contribution < -0.4 is 0 Å². The molecule has 1 fully saturated rings. The Kier molecular flexibility index (Phi) is 3.86. The van der Waals surface area contributed by atoms with Crippen LogP contribution >= 0.6 is 0 Å². The third-order valence-electron chi connectivity index (χ3n) is 2.14. The van der Waals surface area contributed by atoms with Crippen LogP contribution in [0.25, 0.3) is 0 Å². The van der Waals surface area contributed by atoms with E-state index in [0.29, 0.717) is 0 Å². The van der Waals surface area contributed by atoms with E-state index in [4.69, 9.17) is 15.9 Å². The predicted molar refractivity (Wildman–Crippen MR) is 47.1 cm³/mol. The largest absolute Gasteiger partial charge is 0.388 e. The van der Waals surface area contributed by atoms with Gasteiger partial charge in [-0.3, -0.25) is 0 Å². The highest BCUT2D eigenvalue weighted by Crippen LogP contribution is 2.21. The highest BCUT2D eigenvalue weighted by molar-refractivity contribution is 4.89. The van der Waals surface area contributed by atoms with E-state index >= 15 is 0 Å². The van der Waals surface area contributed by atoms with Gasteiger partial charge in [0, 0.05) is 0 Å². The molecular weight excluding hydrogens is 188 g/mol. The summed E-state index contributed by atoms with van der Waals surface area (Å²) in [5.41, 5.74) is 0.